The number of para-hydroxylation sites is 1. The van der Waals surface area contributed by atoms with Gasteiger partial charge in [-0.05, 0) is 49.0 Å². The summed E-state index contributed by atoms with van der Waals surface area (Å²) >= 11 is 11.2. The Bertz CT molecular complexity index is 830. The monoisotopic (exact) mass is 346 g/mol. The van der Waals surface area contributed by atoms with E-state index in [1.807, 2.05) is 25.1 Å². The van der Waals surface area contributed by atoms with Gasteiger partial charge >= 0.3 is 0 Å². The van der Waals surface area contributed by atoms with E-state index >= 15 is 0 Å². The van der Waals surface area contributed by atoms with Gasteiger partial charge in [-0.1, -0.05) is 35.9 Å². The van der Waals surface area contributed by atoms with Crippen LogP contribution in [0.4, 0.5) is 10.1 Å². The molecule has 3 nitrogen and oxygen atoms in total. The lowest BCUT2D eigenvalue weighted by molar-refractivity contribution is -0.113. The summed E-state index contributed by atoms with van der Waals surface area (Å²) in [4.78, 5) is 14.0. The predicted molar refractivity (Wildman–Crippen MR) is 93.8 cm³/mol. The van der Waals surface area contributed by atoms with Crippen LogP contribution in [-0.2, 0) is 4.79 Å². The smallest absolute Gasteiger partial charge is 0.281 e. The number of hydrogen-bond acceptors (Lipinski definition) is 2. The van der Waals surface area contributed by atoms with Gasteiger partial charge in [0.15, 0.2) is 5.11 Å². The third kappa shape index (κ3) is 2.85. The van der Waals surface area contributed by atoms with Gasteiger partial charge < -0.3 is 5.32 Å². The van der Waals surface area contributed by atoms with E-state index in [0.717, 1.165) is 5.56 Å². The molecule has 2 aromatic rings. The molecule has 6 heteroatoms. The molecule has 0 unspecified atom stereocenters. The average Bonchev–Trinajstić information content (AvgIpc) is 2.78. The summed E-state index contributed by atoms with van der Waals surface area (Å²) in [5.41, 5.74) is 1.94. The highest BCUT2D eigenvalue weighted by Gasteiger charge is 2.33. The molecule has 0 aromatic heterocycles. The molecule has 0 saturated carbocycles. The predicted octanol–water partition coefficient (Wildman–Crippen LogP) is 4.05. The summed E-state index contributed by atoms with van der Waals surface area (Å²) in [5.74, 6) is -0.844. The summed E-state index contributed by atoms with van der Waals surface area (Å²) in [6.07, 6.45) is 1.38. The van der Waals surface area contributed by atoms with Gasteiger partial charge in [-0.3, -0.25) is 9.69 Å². The van der Waals surface area contributed by atoms with E-state index in [2.05, 4.69) is 5.32 Å². The molecule has 1 saturated heterocycles. The zero-order valence-electron chi connectivity index (χ0n) is 12.1. The van der Waals surface area contributed by atoms with Crippen LogP contribution >= 0.6 is 23.8 Å². The van der Waals surface area contributed by atoms with Crippen LogP contribution in [0, 0.1) is 12.7 Å². The van der Waals surface area contributed by atoms with Gasteiger partial charge in [0.1, 0.15) is 11.5 Å². The maximum Gasteiger partial charge on any atom is 0.281 e. The molecular formula is C17H12ClFN2OS. The molecule has 0 bridgehead atoms. The maximum atomic E-state index is 13.9. The van der Waals surface area contributed by atoms with Crippen molar-refractivity contribution in [2.24, 2.45) is 0 Å². The van der Waals surface area contributed by atoms with Crippen molar-refractivity contribution in [3.05, 3.63) is 70.1 Å². The number of aryl methyl sites for hydroxylation is 1. The van der Waals surface area contributed by atoms with Gasteiger partial charge in [-0.2, -0.15) is 0 Å². The molecule has 1 amide bonds. The number of benzene rings is 2. The minimum atomic E-state index is -0.500. The lowest BCUT2D eigenvalue weighted by Gasteiger charge is -2.16. The zero-order valence-corrected chi connectivity index (χ0v) is 13.7. The second-order valence-electron chi connectivity index (χ2n) is 5.05. The lowest BCUT2D eigenvalue weighted by atomic mass is 10.1. The first kappa shape index (κ1) is 15.6. The second-order valence-corrected chi connectivity index (χ2v) is 5.84. The highest BCUT2D eigenvalue weighted by atomic mass is 35.5. The topological polar surface area (TPSA) is 32.3 Å². The maximum absolute atomic E-state index is 13.9. The normalized spacial score (nSPS) is 16.1. The van der Waals surface area contributed by atoms with Crippen LogP contribution < -0.4 is 10.2 Å². The largest absolute Gasteiger partial charge is 0.327 e. The number of nitrogens with zero attached hydrogens (tertiary/aromatic N) is 1. The Hall–Kier alpha value is -2.24. The molecule has 0 spiro atoms. The molecule has 1 heterocycles. The second kappa shape index (κ2) is 6.10. The molecule has 23 heavy (non-hydrogen) atoms. The highest BCUT2D eigenvalue weighted by Crippen LogP contribution is 2.27. The van der Waals surface area contributed by atoms with E-state index in [4.69, 9.17) is 23.8 Å². The molecule has 0 aliphatic carbocycles. The van der Waals surface area contributed by atoms with Crippen LogP contribution in [-0.4, -0.2) is 11.0 Å². The molecule has 116 valence electrons. The van der Waals surface area contributed by atoms with Gasteiger partial charge in [0.05, 0.1) is 10.7 Å². The number of hydrogen-bond donors (Lipinski definition) is 1. The number of halogens is 2. The van der Waals surface area contributed by atoms with Crippen molar-refractivity contribution in [1.82, 2.24) is 5.32 Å². The molecular weight excluding hydrogens is 335 g/mol. The first-order chi connectivity index (χ1) is 11.0. The summed E-state index contributed by atoms with van der Waals surface area (Å²) in [6, 6.07) is 11.8. The average molecular weight is 347 g/mol. The minimum Gasteiger partial charge on any atom is -0.327 e. The number of carbonyl (C=O) groups is 1. The zero-order chi connectivity index (χ0) is 16.6. The van der Waals surface area contributed by atoms with Crippen molar-refractivity contribution >= 4 is 46.6 Å². The number of thiocarbonyl (C=S) groups is 1. The van der Waals surface area contributed by atoms with Crippen molar-refractivity contribution in [2.75, 3.05) is 4.90 Å². The molecule has 0 radical (unpaired) electrons. The third-order valence-electron chi connectivity index (χ3n) is 3.52. The van der Waals surface area contributed by atoms with E-state index in [0.29, 0.717) is 5.69 Å². The molecule has 1 N–H and O–H groups in total. The van der Waals surface area contributed by atoms with Gasteiger partial charge in [-0.15, -0.1) is 0 Å². The van der Waals surface area contributed by atoms with E-state index in [1.165, 1.54) is 23.1 Å². The van der Waals surface area contributed by atoms with Crippen LogP contribution in [0.5, 0.6) is 0 Å². The van der Waals surface area contributed by atoms with Crippen LogP contribution in [0.2, 0.25) is 5.02 Å². The molecule has 3 rings (SSSR count). The van der Waals surface area contributed by atoms with E-state index < -0.39 is 5.82 Å². The number of nitrogens with one attached hydrogen (secondary N) is 1. The summed E-state index contributed by atoms with van der Waals surface area (Å²) < 4.78 is 13.9. The van der Waals surface area contributed by atoms with Crippen LogP contribution in [0.15, 0.2) is 48.2 Å². The Balaban J connectivity index is 2.02. The lowest BCUT2D eigenvalue weighted by Crippen LogP contribution is -2.30. The molecule has 2 aromatic carbocycles. The first-order valence-electron chi connectivity index (χ1n) is 6.86. The van der Waals surface area contributed by atoms with Crippen molar-refractivity contribution in [1.29, 1.82) is 0 Å². The highest BCUT2D eigenvalue weighted by molar-refractivity contribution is 7.80. The number of rotatable bonds is 2. The molecule has 1 aliphatic heterocycles. The van der Waals surface area contributed by atoms with Crippen LogP contribution in [0.1, 0.15) is 11.1 Å². The minimum absolute atomic E-state index is 0.152. The SMILES string of the molecule is Cc1ccccc1N1C(=O)/C(=C\c2c(F)cccc2Cl)NC1=S. The Kier molecular flexibility index (Phi) is 4.15. The fourth-order valence-corrected chi connectivity index (χ4v) is 2.87. The van der Waals surface area contributed by atoms with Gasteiger partial charge in [-0.25, -0.2) is 4.39 Å². The number of anilines is 1. The van der Waals surface area contributed by atoms with Gasteiger partial charge in [0, 0.05) is 5.56 Å². The van der Waals surface area contributed by atoms with E-state index in [1.54, 1.807) is 12.1 Å². The van der Waals surface area contributed by atoms with E-state index in [-0.39, 0.29) is 27.3 Å². The van der Waals surface area contributed by atoms with Crippen molar-refractivity contribution in [2.45, 2.75) is 6.92 Å². The van der Waals surface area contributed by atoms with Crippen LogP contribution in [0.3, 0.4) is 0 Å². The first-order valence-corrected chi connectivity index (χ1v) is 7.64. The quantitative estimate of drug-likeness (QED) is 0.657. The van der Waals surface area contributed by atoms with Crippen molar-refractivity contribution < 1.29 is 9.18 Å². The number of amides is 1. The summed E-state index contributed by atoms with van der Waals surface area (Å²) in [7, 11) is 0. The van der Waals surface area contributed by atoms with Crippen molar-refractivity contribution in [3.8, 4) is 0 Å². The Morgan fingerprint density at radius 1 is 1.22 bits per heavy atom. The fourth-order valence-electron chi connectivity index (χ4n) is 2.36. The number of carbonyl (C=O) groups excluding carboxylic acids is 1. The Morgan fingerprint density at radius 2 is 1.96 bits per heavy atom. The Morgan fingerprint density at radius 3 is 2.65 bits per heavy atom. The standard InChI is InChI=1S/C17H12ClFN2OS/c1-10-5-2-3-8-15(10)21-16(22)14(20-17(21)23)9-11-12(18)6-4-7-13(11)19/h2-9H,1H3,(H,20,23)/b14-9+. The molecule has 1 aliphatic rings. The Labute approximate surface area is 143 Å². The fraction of sp³-hybridized carbons (Fsp3) is 0.0588. The van der Waals surface area contributed by atoms with E-state index in [9.17, 15) is 9.18 Å². The third-order valence-corrected chi connectivity index (χ3v) is 4.14. The van der Waals surface area contributed by atoms with Gasteiger partial charge in [0.25, 0.3) is 5.91 Å². The summed E-state index contributed by atoms with van der Waals surface area (Å²) in [6.45, 7) is 1.89. The molecule has 1 fully saturated rings. The van der Waals surface area contributed by atoms with Gasteiger partial charge in [0.2, 0.25) is 0 Å². The van der Waals surface area contributed by atoms with Crippen LogP contribution in [0.25, 0.3) is 6.08 Å². The molecule has 0 atom stereocenters. The summed E-state index contributed by atoms with van der Waals surface area (Å²) in [5, 5.41) is 3.31. The van der Waals surface area contributed by atoms with Crippen molar-refractivity contribution in [3.63, 3.8) is 0 Å².